The number of halogens is 3. The molecule has 0 unspecified atom stereocenters. The first kappa shape index (κ1) is 16.6. The number of nitrogens with one attached hydrogen (secondary N) is 1. The van der Waals surface area contributed by atoms with Crippen LogP contribution in [0.4, 0.5) is 18.9 Å². The molecule has 0 aliphatic rings. The summed E-state index contributed by atoms with van der Waals surface area (Å²) in [6.07, 6.45) is -3.66. The van der Waals surface area contributed by atoms with Crippen molar-refractivity contribution < 1.29 is 18.0 Å². The Labute approximate surface area is 139 Å². The van der Waals surface area contributed by atoms with E-state index < -0.39 is 17.8 Å². The van der Waals surface area contributed by atoms with Gasteiger partial charge in [-0.15, -0.1) is 5.10 Å². The molecule has 2 aromatic heterocycles. The second-order valence-electron chi connectivity index (χ2n) is 5.09. The first-order valence-corrected chi connectivity index (χ1v) is 7.02. The van der Waals surface area contributed by atoms with Crippen LogP contribution in [0.15, 0.2) is 42.6 Å². The van der Waals surface area contributed by atoms with E-state index in [9.17, 15) is 18.0 Å². The number of aromatic nitrogens is 5. The summed E-state index contributed by atoms with van der Waals surface area (Å²) in [7, 11) is 1.68. The van der Waals surface area contributed by atoms with Crippen LogP contribution in [0.5, 0.6) is 0 Å². The Kier molecular flexibility index (Phi) is 4.17. The van der Waals surface area contributed by atoms with Gasteiger partial charge >= 0.3 is 6.18 Å². The third-order valence-corrected chi connectivity index (χ3v) is 3.31. The van der Waals surface area contributed by atoms with Gasteiger partial charge in [0.2, 0.25) is 0 Å². The number of amides is 1. The molecule has 25 heavy (non-hydrogen) atoms. The van der Waals surface area contributed by atoms with Crippen LogP contribution < -0.4 is 5.32 Å². The molecule has 7 nitrogen and oxygen atoms in total. The Morgan fingerprint density at radius 1 is 1.20 bits per heavy atom. The molecule has 0 saturated heterocycles. The van der Waals surface area contributed by atoms with Gasteiger partial charge in [-0.1, -0.05) is 12.1 Å². The first-order chi connectivity index (χ1) is 11.8. The zero-order valence-electron chi connectivity index (χ0n) is 12.8. The van der Waals surface area contributed by atoms with Gasteiger partial charge in [0.25, 0.3) is 5.91 Å². The molecular weight excluding hydrogens is 337 g/mol. The van der Waals surface area contributed by atoms with Gasteiger partial charge in [0, 0.05) is 24.5 Å². The molecule has 2 heterocycles. The van der Waals surface area contributed by atoms with E-state index in [0.29, 0.717) is 17.1 Å². The smallest absolute Gasteiger partial charge is 0.322 e. The summed E-state index contributed by atoms with van der Waals surface area (Å²) in [5, 5.41) is 13.7. The molecule has 0 aliphatic heterocycles. The highest BCUT2D eigenvalue weighted by atomic mass is 19.4. The third kappa shape index (κ3) is 3.62. The second-order valence-corrected chi connectivity index (χ2v) is 5.09. The molecule has 1 aromatic carbocycles. The highest BCUT2D eigenvalue weighted by Crippen LogP contribution is 2.27. The molecule has 1 N–H and O–H groups in total. The van der Waals surface area contributed by atoms with Crippen molar-refractivity contribution in [2.45, 2.75) is 6.18 Å². The minimum absolute atomic E-state index is 0.0127. The fraction of sp³-hybridized carbons (Fsp3) is 0.133. The number of hydrogen-bond donors (Lipinski definition) is 1. The second kappa shape index (κ2) is 6.30. The number of hydrogen-bond acceptors (Lipinski definition) is 5. The fourth-order valence-corrected chi connectivity index (χ4v) is 2.11. The number of benzene rings is 1. The maximum atomic E-state index is 12.5. The van der Waals surface area contributed by atoms with Crippen LogP contribution in [0.25, 0.3) is 11.4 Å². The number of pyridine rings is 1. The number of aryl methyl sites for hydroxylation is 1. The molecule has 3 aromatic rings. The van der Waals surface area contributed by atoms with Crippen molar-refractivity contribution in [3.05, 3.63) is 53.9 Å². The molecule has 1 amide bonds. The summed E-state index contributed by atoms with van der Waals surface area (Å²) in [5.41, 5.74) is 0.0841. The summed E-state index contributed by atoms with van der Waals surface area (Å²) in [5.74, 6) is -0.0678. The van der Waals surface area contributed by atoms with E-state index in [-0.39, 0.29) is 5.56 Å². The average Bonchev–Trinajstić information content (AvgIpc) is 3.00. The Morgan fingerprint density at radius 3 is 2.60 bits per heavy atom. The van der Waals surface area contributed by atoms with E-state index in [1.807, 2.05) is 0 Å². The SMILES string of the molecule is Cn1nnnc1-c1cccc(NC(=O)c2ccc(C(F)(F)F)nc2)c1. The van der Waals surface area contributed by atoms with Crippen LogP contribution in [-0.4, -0.2) is 31.1 Å². The Bertz CT molecular complexity index is 904. The highest BCUT2D eigenvalue weighted by Gasteiger charge is 2.32. The van der Waals surface area contributed by atoms with Gasteiger partial charge < -0.3 is 5.32 Å². The van der Waals surface area contributed by atoms with Crippen molar-refractivity contribution in [3.63, 3.8) is 0 Å². The minimum atomic E-state index is -4.55. The van der Waals surface area contributed by atoms with Crippen LogP contribution in [0.1, 0.15) is 16.1 Å². The van der Waals surface area contributed by atoms with E-state index in [0.717, 1.165) is 18.3 Å². The summed E-state index contributed by atoms with van der Waals surface area (Å²) in [6, 6.07) is 8.59. The quantitative estimate of drug-likeness (QED) is 0.786. The Hall–Kier alpha value is -3.30. The van der Waals surface area contributed by atoms with Gasteiger partial charge in [0.05, 0.1) is 5.56 Å². The zero-order valence-corrected chi connectivity index (χ0v) is 12.8. The molecule has 10 heteroatoms. The molecule has 0 spiro atoms. The standard InChI is InChI=1S/C15H11F3N6O/c1-24-13(21-22-23-24)9-3-2-4-11(7-9)20-14(25)10-5-6-12(19-8-10)15(16,17)18/h2-8H,1H3,(H,20,25). The van der Waals surface area contributed by atoms with Crippen LogP contribution in [-0.2, 0) is 13.2 Å². The third-order valence-electron chi connectivity index (χ3n) is 3.31. The van der Waals surface area contributed by atoms with Crippen LogP contribution >= 0.6 is 0 Å². The lowest BCUT2D eigenvalue weighted by Crippen LogP contribution is -2.14. The Balaban J connectivity index is 1.78. The molecule has 128 valence electrons. The topological polar surface area (TPSA) is 85.6 Å². The van der Waals surface area contributed by atoms with E-state index in [1.165, 1.54) is 4.68 Å². The van der Waals surface area contributed by atoms with Crippen molar-refractivity contribution in [2.24, 2.45) is 7.05 Å². The molecule has 0 saturated carbocycles. The monoisotopic (exact) mass is 348 g/mol. The van der Waals surface area contributed by atoms with E-state index in [1.54, 1.807) is 31.3 Å². The van der Waals surface area contributed by atoms with Gasteiger partial charge in [0.15, 0.2) is 5.82 Å². The summed E-state index contributed by atoms with van der Waals surface area (Å²) >= 11 is 0. The van der Waals surface area contributed by atoms with E-state index in [2.05, 4.69) is 25.8 Å². The van der Waals surface area contributed by atoms with Crippen LogP contribution in [0, 0.1) is 0 Å². The molecule has 0 bridgehead atoms. The highest BCUT2D eigenvalue weighted by molar-refractivity contribution is 6.04. The van der Waals surface area contributed by atoms with Gasteiger partial charge in [-0.05, 0) is 34.7 Å². The average molecular weight is 348 g/mol. The maximum Gasteiger partial charge on any atom is 0.433 e. The molecule has 3 rings (SSSR count). The normalized spacial score (nSPS) is 11.4. The fourth-order valence-electron chi connectivity index (χ4n) is 2.11. The predicted octanol–water partition coefficient (Wildman–Crippen LogP) is 2.54. The van der Waals surface area contributed by atoms with Gasteiger partial charge in [-0.2, -0.15) is 13.2 Å². The lowest BCUT2D eigenvalue weighted by molar-refractivity contribution is -0.141. The van der Waals surface area contributed by atoms with Crippen molar-refractivity contribution in [1.82, 2.24) is 25.2 Å². The van der Waals surface area contributed by atoms with Crippen LogP contribution in [0.2, 0.25) is 0 Å². The molecular formula is C15H11F3N6O. The number of nitrogens with zero attached hydrogens (tertiary/aromatic N) is 5. The lowest BCUT2D eigenvalue weighted by atomic mass is 10.1. The Morgan fingerprint density at radius 2 is 2.00 bits per heavy atom. The van der Waals surface area contributed by atoms with Crippen molar-refractivity contribution >= 4 is 11.6 Å². The molecule has 0 fully saturated rings. The predicted molar refractivity (Wildman–Crippen MR) is 81.4 cm³/mol. The molecule has 0 atom stereocenters. The zero-order chi connectivity index (χ0) is 18.0. The maximum absolute atomic E-state index is 12.5. The number of rotatable bonds is 3. The largest absolute Gasteiger partial charge is 0.433 e. The minimum Gasteiger partial charge on any atom is -0.322 e. The van der Waals surface area contributed by atoms with Crippen molar-refractivity contribution in [2.75, 3.05) is 5.32 Å². The van der Waals surface area contributed by atoms with E-state index >= 15 is 0 Å². The van der Waals surface area contributed by atoms with Gasteiger partial charge in [-0.3, -0.25) is 9.78 Å². The summed E-state index contributed by atoms with van der Waals surface area (Å²) in [6.45, 7) is 0. The van der Waals surface area contributed by atoms with Crippen LogP contribution in [0.3, 0.4) is 0 Å². The number of carbonyl (C=O) groups excluding carboxylic acids is 1. The molecule has 0 aliphatic carbocycles. The van der Waals surface area contributed by atoms with E-state index in [4.69, 9.17) is 0 Å². The van der Waals surface area contributed by atoms with Gasteiger partial charge in [0.1, 0.15) is 5.69 Å². The lowest BCUT2D eigenvalue weighted by Gasteiger charge is -2.08. The molecule has 0 radical (unpaired) electrons. The van der Waals surface area contributed by atoms with Crippen molar-refractivity contribution in [3.8, 4) is 11.4 Å². The van der Waals surface area contributed by atoms with Gasteiger partial charge in [-0.25, -0.2) is 4.68 Å². The number of tetrazole rings is 1. The number of alkyl halides is 3. The summed E-state index contributed by atoms with van der Waals surface area (Å²) in [4.78, 5) is 15.4. The summed E-state index contributed by atoms with van der Waals surface area (Å²) < 4.78 is 39.0. The number of carbonyl (C=O) groups is 1. The first-order valence-electron chi connectivity index (χ1n) is 7.02. The number of anilines is 1. The van der Waals surface area contributed by atoms with Crippen molar-refractivity contribution in [1.29, 1.82) is 0 Å².